The highest BCUT2D eigenvalue weighted by Crippen LogP contribution is 2.40. The van der Waals surface area contributed by atoms with E-state index in [4.69, 9.17) is 14.2 Å². The first-order valence-corrected chi connectivity index (χ1v) is 7.41. The first-order chi connectivity index (χ1) is 11.5. The molecule has 2 N–H and O–H groups in total. The molecule has 2 aromatic rings. The van der Waals surface area contributed by atoms with Gasteiger partial charge in [0.25, 0.3) is 0 Å². The third kappa shape index (κ3) is 2.76. The number of ketones is 1. The molecule has 1 atom stereocenters. The zero-order valence-electron chi connectivity index (χ0n) is 13.4. The van der Waals surface area contributed by atoms with Crippen molar-refractivity contribution in [1.29, 1.82) is 0 Å². The fourth-order valence-electron chi connectivity index (χ4n) is 2.74. The molecule has 0 fully saturated rings. The van der Waals surface area contributed by atoms with Crippen molar-refractivity contribution in [1.82, 2.24) is 0 Å². The number of benzene rings is 2. The van der Waals surface area contributed by atoms with Crippen LogP contribution in [0.15, 0.2) is 36.4 Å². The second kappa shape index (κ2) is 6.05. The summed E-state index contributed by atoms with van der Waals surface area (Å²) in [5, 5.41) is 20.9. The quantitative estimate of drug-likeness (QED) is 0.891. The molecule has 0 saturated carbocycles. The van der Waals surface area contributed by atoms with Crippen molar-refractivity contribution in [3.05, 3.63) is 47.5 Å². The van der Waals surface area contributed by atoms with E-state index in [1.807, 2.05) is 0 Å². The van der Waals surface area contributed by atoms with E-state index in [-0.39, 0.29) is 30.1 Å². The lowest BCUT2D eigenvalue weighted by atomic mass is 9.85. The zero-order chi connectivity index (χ0) is 17.3. The Morgan fingerprint density at radius 2 is 1.79 bits per heavy atom. The Labute approximate surface area is 139 Å². The number of hydrogen-bond acceptors (Lipinski definition) is 6. The van der Waals surface area contributed by atoms with Gasteiger partial charge in [0.1, 0.15) is 35.2 Å². The summed E-state index contributed by atoms with van der Waals surface area (Å²) < 4.78 is 15.6. The van der Waals surface area contributed by atoms with E-state index in [0.29, 0.717) is 11.5 Å². The molecule has 0 aliphatic carbocycles. The van der Waals surface area contributed by atoms with Gasteiger partial charge in [-0.25, -0.2) is 0 Å². The topological polar surface area (TPSA) is 85.2 Å². The highest BCUT2D eigenvalue weighted by molar-refractivity contribution is 6.08. The van der Waals surface area contributed by atoms with Crippen molar-refractivity contribution in [2.45, 2.75) is 12.0 Å². The van der Waals surface area contributed by atoms with Crippen LogP contribution in [-0.4, -0.2) is 42.4 Å². The minimum absolute atomic E-state index is 0.0296. The van der Waals surface area contributed by atoms with Crippen LogP contribution in [0.3, 0.4) is 0 Å². The molecule has 0 bridgehead atoms. The van der Waals surface area contributed by atoms with Crippen molar-refractivity contribution in [3.63, 3.8) is 0 Å². The Kier molecular flexibility index (Phi) is 4.07. The second-order valence-electron chi connectivity index (χ2n) is 5.69. The van der Waals surface area contributed by atoms with E-state index in [0.717, 1.165) is 5.56 Å². The molecule has 6 heteroatoms. The monoisotopic (exact) mass is 330 g/mol. The summed E-state index contributed by atoms with van der Waals surface area (Å²) in [6.07, 6.45) is 0.0702. The third-order valence-corrected chi connectivity index (χ3v) is 4.06. The number of Topliss-reactive ketones (excluding diaryl/α,β-unsaturated/α-hetero) is 1. The molecule has 24 heavy (non-hydrogen) atoms. The maximum atomic E-state index is 12.7. The van der Waals surface area contributed by atoms with Gasteiger partial charge in [-0.15, -0.1) is 0 Å². The highest BCUT2D eigenvalue weighted by Gasteiger charge is 2.44. The number of carbonyl (C=O) groups is 1. The number of phenolic OH excluding ortho intramolecular Hbond substituents is 1. The SMILES string of the molecule is COc1ccc(C[C@@]2(O)COc3cc(OC)cc(O)c3C2=O)cc1. The number of rotatable bonds is 4. The Hall–Kier alpha value is -2.73. The lowest BCUT2D eigenvalue weighted by Crippen LogP contribution is -2.49. The first kappa shape index (κ1) is 16.1. The van der Waals surface area contributed by atoms with Crippen molar-refractivity contribution >= 4 is 5.78 Å². The lowest BCUT2D eigenvalue weighted by Gasteiger charge is -2.32. The van der Waals surface area contributed by atoms with E-state index >= 15 is 0 Å². The van der Waals surface area contributed by atoms with E-state index in [2.05, 4.69) is 0 Å². The molecular weight excluding hydrogens is 312 g/mol. The molecule has 1 aliphatic heterocycles. The molecule has 0 spiro atoms. The molecule has 2 aromatic carbocycles. The number of phenols is 1. The van der Waals surface area contributed by atoms with Gasteiger partial charge in [-0.1, -0.05) is 12.1 Å². The van der Waals surface area contributed by atoms with E-state index in [1.165, 1.54) is 19.2 Å². The second-order valence-corrected chi connectivity index (χ2v) is 5.69. The average Bonchev–Trinajstić information content (AvgIpc) is 2.59. The standard InChI is InChI=1S/C18H18O6/c1-22-12-5-3-11(4-6-12)9-18(21)10-24-15-8-13(23-2)7-14(19)16(15)17(18)20/h3-8,19,21H,9-10H2,1-2H3/t18-/m1/s1. The molecule has 0 amide bonds. The molecule has 3 rings (SSSR count). The molecule has 0 unspecified atom stereocenters. The average molecular weight is 330 g/mol. The van der Waals surface area contributed by atoms with Gasteiger partial charge in [0.15, 0.2) is 5.60 Å². The van der Waals surface area contributed by atoms with Crippen LogP contribution in [0, 0.1) is 0 Å². The van der Waals surface area contributed by atoms with Crippen LogP contribution in [0.2, 0.25) is 0 Å². The number of ether oxygens (including phenoxy) is 3. The predicted octanol–water partition coefficient (Wildman–Crippen LogP) is 1.96. The Morgan fingerprint density at radius 3 is 2.42 bits per heavy atom. The summed E-state index contributed by atoms with van der Waals surface area (Å²) in [5.41, 5.74) is -1.02. The van der Waals surface area contributed by atoms with Gasteiger partial charge in [-0.2, -0.15) is 0 Å². The van der Waals surface area contributed by atoms with Crippen LogP contribution >= 0.6 is 0 Å². The van der Waals surface area contributed by atoms with Crippen molar-refractivity contribution in [2.24, 2.45) is 0 Å². The maximum Gasteiger partial charge on any atom is 0.205 e. The van der Waals surface area contributed by atoms with Crippen LogP contribution < -0.4 is 14.2 Å². The lowest BCUT2D eigenvalue weighted by molar-refractivity contribution is -0.00240. The van der Waals surface area contributed by atoms with Gasteiger partial charge in [0.2, 0.25) is 5.78 Å². The largest absolute Gasteiger partial charge is 0.507 e. The normalized spacial score (nSPS) is 19.4. The molecule has 6 nitrogen and oxygen atoms in total. The number of aromatic hydroxyl groups is 1. The highest BCUT2D eigenvalue weighted by atomic mass is 16.5. The summed E-state index contributed by atoms with van der Waals surface area (Å²) in [7, 11) is 3.01. The van der Waals surface area contributed by atoms with E-state index in [1.54, 1.807) is 31.4 Å². The van der Waals surface area contributed by atoms with Gasteiger partial charge in [-0.3, -0.25) is 4.79 Å². The molecule has 0 radical (unpaired) electrons. The Bertz CT molecular complexity index is 768. The summed E-state index contributed by atoms with van der Waals surface area (Å²) in [4.78, 5) is 12.7. The van der Waals surface area contributed by atoms with Crippen molar-refractivity contribution in [2.75, 3.05) is 20.8 Å². The fourth-order valence-corrected chi connectivity index (χ4v) is 2.74. The number of carbonyl (C=O) groups excluding carboxylic acids is 1. The number of methoxy groups -OCH3 is 2. The summed E-state index contributed by atoms with van der Waals surface area (Å²) >= 11 is 0. The molecular formula is C18H18O6. The summed E-state index contributed by atoms with van der Waals surface area (Å²) in [6.45, 7) is -0.197. The van der Waals surface area contributed by atoms with Gasteiger partial charge in [-0.05, 0) is 17.7 Å². The van der Waals surface area contributed by atoms with E-state index < -0.39 is 11.4 Å². The van der Waals surface area contributed by atoms with Gasteiger partial charge < -0.3 is 24.4 Å². The van der Waals surface area contributed by atoms with Crippen LogP contribution in [0.5, 0.6) is 23.0 Å². The van der Waals surface area contributed by atoms with Gasteiger partial charge >= 0.3 is 0 Å². The molecule has 1 heterocycles. The van der Waals surface area contributed by atoms with Crippen LogP contribution in [-0.2, 0) is 6.42 Å². The minimum Gasteiger partial charge on any atom is -0.507 e. The molecule has 0 aromatic heterocycles. The fraction of sp³-hybridized carbons (Fsp3) is 0.278. The van der Waals surface area contributed by atoms with Crippen LogP contribution in [0.4, 0.5) is 0 Å². The van der Waals surface area contributed by atoms with Crippen LogP contribution in [0.1, 0.15) is 15.9 Å². The smallest absolute Gasteiger partial charge is 0.205 e. The molecule has 1 aliphatic rings. The first-order valence-electron chi connectivity index (χ1n) is 7.41. The number of aliphatic hydroxyl groups is 1. The summed E-state index contributed by atoms with van der Waals surface area (Å²) in [5.74, 6) is 0.421. The minimum atomic E-state index is -1.74. The number of fused-ring (bicyclic) bond motifs is 1. The Morgan fingerprint density at radius 1 is 1.12 bits per heavy atom. The Balaban J connectivity index is 1.91. The van der Waals surface area contributed by atoms with E-state index in [9.17, 15) is 15.0 Å². The van der Waals surface area contributed by atoms with Gasteiger partial charge in [0.05, 0.1) is 14.2 Å². The van der Waals surface area contributed by atoms with Gasteiger partial charge in [0, 0.05) is 18.6 Å². The number of hydrogen-bond donors (Lipinski definition) is 2. The van der Waals surface area contributed by atoms with Crippen LogP contribution in [0.25, 0.3) is 0 Å². The maximum absolute atomic E-state index is 12.7. The third-order valence-electron chi connectivity index (χ3n) is 4.06. The predicted molar refractivity (Wildman–Crippen MR) is 86.1 cm³/mol. The molecule has 126 valence electrons. The van der Waals surface area contributed by atoms with Crippen molar-refractivity contribution < 1.29 is 29.2 Å². The summed E-state index contributed by atoms with van der Waals surface area (Å²) in [6, 6.07) is 9.88. The van der Waals surface area contributed by atoms with Crippen molar-refractivity contribution in [3.8, 4) is 23.0 Å². The molecule has 0 saturated heterocycles. The zero-order valence-corrected chi connectivity index (χ0v) is 13.4.